The lowest BCUT2D eigenvalue weighted by molar-refractivity contribution is -0.132. The zero-order chi connectivity index (χ0) is 28.1. The summed E-state index contributed by atoms with van der Waals surface area (Å²) in [7, 11) is 3.00. The number of anilines is 1. The van der Waals surface area contributed by atoms with Gasteiger partial charge in [0.25, 0.3) is 0 Å². The van der Waals surface area contributed by atoms with E-state index in [0.717, 1.165) is 16.0 Å². The minimum absolute atomic E-state index is 0.296. The zero-order valence-corrected chi connectivity index (χ0v) is 22.1. The highest BCUT2D eigenvalue weighted by Gasteiger charge is 2.64. The van der Waals surface area contributed by atoms with E-state index in [1.165, 1.54) is 33.3 Å². The number of hydrogen-bond acceptors (Lipinski definition) is 8. The molecule has 4 atom stereocenters. The number of rotatable bonds is 6. The van der Waals surface area contributed by atoms with Gasteiger partial charge in [0.2, 0.25) is 11.8 Å². The normalized spacial score (nSPS) is 22.5. The number of ketones is 1. The van der Waals surface area contributed by atoms with Gasteiger partial charge in [-0.15, -0.1) is 0 Å². The van der Waals surface area contributed by atoms with Gasteiger partial charge in [-0.2, -0.15) is 0 Å². The SMILES string of the molecule is COc1ccc(C(=O)[C@@H]2[C@@H]3C(=O)N(c4ccc(OC(C)=O)cc4)C(=O)[C@H]3[C@H]3c4ccccc4C=CN23)cc1OC. The van der Waals surface area contributed by atoms with Crippen molar-refractivity contribution < 1.29 is 33.4 Å². The Morgan fingerprint density at radius 1 is 0.825 bits per heavy atom. The van der Waals surface area contributed by atoms with E-state index in [2.05, 4.69) is 0 Å². The van der Waals surface area contributed by atoms with Gasteiger partial charge in [0, 0.05) is 18.7 Å². The first-order chi connectivity index (χ1) is 19.3. The number of methoxy groups -OCH3 is 2. The molecule has 0 spiro atoms. The predicted octanol–water partition coefficient (Wildman–Crippen LogP) is 4.03. The molecule has 3 aliphatic rings. The molecule has 40 heavy (non-hydrogen) atoms. The number of ether oxygens (including phenoxy) is 3. The molecule has 3 aromatic rings. The summed E-state index contributed by atoms with van der Waals surface area (Å²) >= 11 is 0. The lowest BCUT2D eigenvalue weighted by Crippen LogP contribution is -2.44. The molecule has 0 unspecified atom stereocenters. The number of esters is 1. The molecule has 3 aromatic carbocycles. The van der Waals surface area contributed by atoms with Crippen LogP contribution < -0.4 is 19.1 Å². The second kappa shape index (κ2) is 9.68. The Kier molecular flexibility index (Phi) is 6.14. The first kappa shape index (κ1) is 25.4. The smallest absolute Gasteiger partial charge is 0.308 e. The van der Waals surface area contributed by atoms with Crippen LogP contribution in [-0.4, -0.2) is 48.7 Å². The summed E-state index contributed by atoms with van der Waals surface area (Å²) < 4.78 is 15.8. The van der Waals surface area contributed by atoms with Crippen LogP contribution in [0.4, 0.5) is 5.69 Å². The van der Waals surface area contributed by atoms with Gasteiger partial charge in [-0.05, 0) is 59.7 Å². The van der Waals surface area contributed by atoms with Crippen LogP contribution in [0.2, 0.25) is 0 Å². The van der Waals surface area contributed by atoms with E-state index >= 15 is 0 Å². The molecule has 2 saturated heterocycles. The minimum atomic E-state index is -0.917. The van der Waals surface area contributed by atoms with Crippen molar-refractivity contribution in [3.05, 3.63) is 89.6 Å². The van der Waals surface area contributed by atoms with Gasteiger partial charge in [0.15, 0.2) is 17.3 Å². The van der Waals surface area contributed by atoms with Crippen LogP contribution >= 0.6 is 0 Å². The number of amides is 2. The molecule has 9 nitrogen and oxygen atoms in total. The molecule has 6 rings (SSSR count). The Balaban J connectivity index is 1.44. The Morgan fingerprint density at radius 3 is 2.23 bits per heavy atom. The molecule has 0 N–H and O–H groups in total. The molecule has 0 radical (unpaired) electrons. The first-order valence-electron chi connectivity index (χ1n) is 12.8. The Hall–Kier alpha value is -4.92. The van der Waals surface area contributed by atoms with E-state index in [1.54, 1.807) is 30.3 Å². The summed E-state index contributed by atoms with van der Waals surface area (Å²) in [6.45, 7) is 1.29. The van der Waals surface area contributed by atoms with Crippen LogP contribution in [0.5, 0.6) is 17.2 Å². The van der Waals surface area contributed by atoms with Crippen LogP contribution in [0.3, 0.4) is 0 Å². The summed E-state index contributed by atoms with van der Waals surface area (Å²) in [4.78, 5) is 56.6. The van der Waals surface area contributed by atoms with E-state index in [-0.39, 0.29) is 11.7 Å². The van der Waals surface area contributed by atoms with Crippen molar-refractivity contribution in [2.75, 3.05) is 19.1 Å². The van der Waals surface area contributed by atoms with Gasteiger partial charge in [-0.25, -0.2) is 4.90 Å². The fraction of sp³-hybridized carbons (Fsp3) is 0.226. The summed E-state index contributed by atoms with van der Waals surface area (Å²) in [5, 5.41) is 0. The highest BCUT2D eigenvalue weighted by molar-refractivity contribution is 6.24. The van der Waals surface area contributed by atoms with Gasteiger partial charge < -0.3 is 19.1 Å². The summed E-state index contributed by atoms with van der Waals surface area (Å²) in [6.07, 6.45) is 3.72. The van der Waals surface area contributed by atoms with Gasteiger partial charge in [-0.1, -0.05) is 24.3 Å². The van der Waals surface area contributed by atoms with Crippen LogP contribution in [0.1, 0.15) is 34.5 Å². The first-order valence-corrected chi connectivity index (χ1v) is 12.8. The Morgan fingerprint density at radius 2 is 1.52 bits per heavy atom. The number of hydrogen-bond donors (Lipinski definition) is 0. The van der Waals surface area contributed by atoms with Crippen molar-refractivity contribution in [2.45, 2.75) is 19.0 Å². The van der Waals surface area contributed by atoms with Gasteiger partial charge in [0.05, 0.1) is 37.8 Å². The largest absolute Gasteiger partial charge is 0.493 e. The monoisotopic (exact) mass is 538 g/mol. The van der Waals surface area contributed by atoms with E-state index < -0.39 is 35.8 Å². The van der Waals surface area contributed by atoms with Gasteiger partial charge in [0.1, 0.15) is 11.8 Å². The van der Waals surface area contributed by atoms with Gasteiger partial charge >= 0.3 is 5.97 Å². The van der Waals surface area contributed by atoms with Crippen molar-refractivity contribution in [2.24, 2.45) is 11.8 Å². The molecule has 2 amide bonds. The third-order valence-corrected chi connectivity index (χ3v) is 7.75. The zero-order valence-electron chi connectivity index (χ0n) is 22.1. The van der Waals surface area contributed by atoms with Crippen LogP contribution in [0.15, 0.2) is 72.9 Å². The molecule has 2 fully saturated rings. The van der Waals surface area contributed by atoms with Crippen molar-refractivity contribution in [3.8, 4) is 17.2 Å². The minimum Gasteiger partial charge on any atom is -0.493 e. The predicted molar refractivity (Wildman–Crippen MR) is 145 cm³/mol. The highest BCUT2D eigenvalue weighted by atomic mass is 16.5. The summed E-state index contributed by atoms with van der Waals surface area (Å²) in [5.74, 6) is -2.12. The van der Waals surface area contributed by atoms with Crippen molar-refractivity contribution in [1.29, 1.82) is 0 Å². The number of carbonyl (C=O) groups excluding carboxylic acids is 4. The lowest BCUT2D eigenvalue weighted by Gasteiger charge is -2.35. The topological polar surface area (TPSA) is 102 Å². The number of nitrogens with zero attached hydrogens (tertiary/aromatic N) is 2. The van der Waals surface area contributed by atoms with Crippen LogP contribution in [0.25, 0.3) is 6.08 Å². The number of fused-ring (bicyclic) bond motifs is 5. The third-order valence-electron chi connectivity index (χ3n) is 7.75. The fourth-order valence-corrected chi connectivity index (χ4v) is 6.10. The Labute approximate surface area is 230 Å². The van der Waals surface area contributed by atoms with Gasteiger partial charge in [-0.3, -0.25) is 19.2 Å². The maximum atomic E-state index is 14.2. The second-order valence-electron chi connectivity index (χ2n) is 9.87. The molecule has 0 saturated carbocycles. The van der Waals surface area contributed by atoms with Crippen molar-refractivity contribution in [1.82, 2.24) is 4.90 Å². The summed E-state index contributed by atoms with van der Waals surface area (Å²) in [6, 6.07) is 17.3. The molecule has 0 bridgehead atoms. The molecular weight excluding hydrogens is 512 g/mol. The van der Waals surface area contributed by atoms with Crippen molar-refractivity contribution >= 4 is 35.3 Å². The Bertz CT molecular complexity index is 1580. The number of benzene rings is 3. The average molecular weight is 539 g/mol. The fourth-order valence-electron chi connectivity index (χ4n) is 6.10. The maximum Gasteiger partial charge on any atom is 0.308 e. The molecule has 0 aliphatic carbocycles. The quantitative estimate of drug-likeness (QED) is 0.201. The lowest BCUT2D eigenvalue weighted by atomic mass is 9.83. The molecule has 202 valence electrons. The van der Waals surface area contributed by atoms with Crippen molar-refractivity contribution in [3.63, 3.8) is 0 Å². The maximum absolute atomic E-state index is 14.2. The number of carbonyl (C=O) groups is 4. The molecule has 3 aliphatic heterocycles. The molecule has 3 heterocycles. The third kappa shape index (κ3) is 3.85. The molecule has 9 heteroatoms. The molecular formula is C31H26N2O7. The van der Waals surface area contributed by atoms with E-state index in [1.807, 2.05) is 41.4 Å². The highest BCUT2D eigenvalue weighted by Crippen LogP contribution is 2.54. The number of imide groups is 1. The standard InChI is InChI=1S/C31H26N2O7/c1-17(34)40-21-11-9-20(10-12-21)33-30(36)25-26(31(33)37)28(29(35)19-8-13-23(38-2)24(16-19)39-3)32-15-14-18-6-4-5-7-22(18)27(25)32/h4-16,25-28H,1-3H3/t25-,26-,27-,28+/m1/s1. The second-order valence-corrected chi connectivity index (χ2v) is 9.87. The number of Topliss-reactive ketones (excluding diaryl/α,β-unsaturated/α-hetero) is 1. The van der Waals surface area contributed by atoms with E-state index in [9.17, 15) is 19.2 Å². The van der Waals surface area contributed by atoms with E-state index in [0.29, 0.717) is 28.5 Å². The van der Waals surface area contributed by atoms with Crippen LogP contribution in [-0.2, 0) is 14.4 Å². The molecule has 0 aromatic heterocycles. The van der Waals surface area contributed by atoms with Crippen LogP contribution in [0, 0.1) is 11.8 Å². The van der Waals surface area contributed by atoms with E-state index in [4.69, 9.17) is 14.2 Å². The average Bonchev–Trinajstić information content (AvgIpc) is 3.44. The summed E-state index contributed by atoms with van der Waals surface area (Å²) in [5.41, 5.74) is 2.52.